The van der Waals surface area contributed by atoms with Crippen LogP contribution in [-0.2, 0) is 9.53 Å². The molecule has 1 aliphatic rings. The Bertz CT molecular complexity index is 820. The lowest BCUT2D eigenvalue weighted by atomic mass is 9.99. The van der Waals surface area contributed by atoms with Crippen LogP contribution in [0.1, 0.15) is 36.9 Å². The number of benzene rings is 1. The van der Waals surface area contributed by atoms with E-state index in [0.717, 1.165) is 36.7 Å². The highest BCUT2D eigenvalue weighted by molar-refractivity contribution is 6.30. The Balaban J connectivity index is 0.000000396. The molecule has 1 saturated heterocycles. The predicted octanol–water partition coefficient (Wildman–Crippen LogP) is 3.53. The quantitative estimate of drug-likeness (QED) is 0.617. The molecule has 0 aliphatic carbocycles. The van der Waals surface area contributed by atoms with Gasteiger partial charge in [-0.15, -0.1) is 0 Å². The maximum Gasteiger partial charge on any atom is 0.490 e. The zero-order chi connectivity index (χ0) is 22.3. The SMILES string of the molecule is COc1ccc(Cl)cc1C(C)NC[C@@H]1CCO[C@@H]1c1ncn[nH]1.O=C(O)C(F)(F)F. The summed E-state index contributed by atoms with van der Waals surface area (Å²) in [7, 11) is 1.67. The van der Waals surface area contributed by atoms with Gasteiger partial charge in [-0.3, -0.25) is 5.10 Å². The number of nitrogens with one attached hydrogen (secondary N) is 2. The minimum Gasteiger partial charge on any atom is -0.496 e. The summed E-state index contributed by atoms with van der Waals surface area (Å²) < 4.78 is 43.0. The zero-order valence-corrected chi connectivity index (χ0v) is 17.0. The smallest absolute Gasteiger partial charge is 0.490 e. The van der Waals surface area contributed by atoms with Crippen molar-refractivity contribution in [3.05, 3.63) is 40.9 Å². The highest BCUT2D eigenvalue weighted by atomic mass is 35.5. The fourth-order valence-electron chi connectivity index (χ4n) is 2.98. The van der Waals surface area contributed by atoms with Crippen LogP contribution in [0.15, 0.2) is 24.5 Å². The van der Waals surface area contributed by atoms with Crippen LogP contribution in [0.4, 0.5) is 13.2 Å². The Morgan fingerprint density at radius 2 is 2.20 bits per heavy atom. The second-order valence-electron chi connectivity index (χ2n) is 6.53. The number of H-pyrrole nitrogens is 1. The molecule has 1 aromatic carbocycles. The molecule has 12 heteroatoms. The number of aromatic amines is 1. The van der Waals surface area contributed by atoms with E-state index in [1.807, 2.05) is 18.2 Å². The Morgan fingerprint density at radius 1 is 1.50 bits per heavy atom. The van der Waals surface area contributed by atoms with Crippen LogP contribution in [0, 0.1) is 5.92 Å². The monoisotopic (exact) mass is 450 g/mol. The fraction of sp³-hybridized carbons (Fsp3) is 0.500. The number of carboxylic acids is 1. The lowest BCUT2D eigenvalue weighted by Crippen LogP contribution is -2.28. The molecular weight excluding hydrogens is 429 g/mol. The van der Waals surface area contributed by atoms with Gasteiger partial charge >= 0.3 is 12.1 Å². The van der Waals surface area contributed by atoms with Crippen molar-refractivity contribution in [1.29, 1.82) is 0 Å². The predicted molar refractivity (Wildman–Crippen MR) is 101 cm³/mol. The first-order valence-electron chi connectivity index (χ1n) is 8.97. The van der Waals surface area contributed by atoms with E-state index in [1.54, 1.807) is 7.11 Å². The lowest BCUT2D eigenvalue weighted by Gasteiger charge is -2.22. The summed E-state index contributed by atoms with van der Waals surface area (Å²) in [5.41, 5.74) is 1.05. The molecule has 1 aromatic heterocycles. The molecule has 0 radical (unpaired) electrons. The highest BCUT2D eigenvalue weighted by Crippen LogP contribution is 2.33. The molecule has 3 atom stereocenters. The molecule has 166 valence electrons. The number of ether oxygens (including phenoxy) is 2. The van der Waals surface area contributed by atoms with E-state index >= 15 is 0 Å². The summed E-state index contributed by atoms with van der Waals surface area (Å²) in [5, 5.41) is 18.2. The van der Waals surface area contributed by atoms with Gasteiger partial charge in [0.05, 0.1) is 7.11 Å². The number of hydrogen-bond acceptors (Lipinski definition) is 6. The Labute approximate surface area is 175 Å². The van der Waals surface area contributed by atoms with Gasteiger partial charge in [-0.1, -0.05) is 11.6 Å². The maximum absolute atomic E-state index is 10.6. The largest absolute Gasteiger partial charge is 0.496 e. The number of carboxylic acid groups (broad SMARTS) is 1. The number of nitrogens with zero attached hydrogens (tertiary/aromatic N) is 2. The van der Waals surface area contributed by atoms with Gasteiger partial charge in [0, 0.05) is 35.7 Å². The Hall–Kier alpha value is -2.37. The number of aliphatic carboxylic acids is 1. The van der Waals surface area contributed by atoms with Crippen LogP contribution < -0.4 is 10.1 Å². The maximum atomic E-state index is 10.6. The van der Waals surface area contributed by atoms with Crippen LogP contribution in [0.5, 0.6) is 5.75 Å². The van der Waals surface area contributed by atoms with E-state index in [0.29, 0.717) is 10.9 Å². The minimum atomic E-state index is -5.08. The first kappa shape index (κ1) is 23.9. The van der Waals surface area contributed by atoms with Crippen LogP contribution in [-0.4, -0.2) is 52.7 Å². The lowest BCUT2D eigenvalue weighted by molar-refractivity contribution is -0.192. The number of rotatable bonds is 6. The average molecular weight is 451 g/mol. The first-order valence-corrected chi connectivity index (χ1v) is 9.35. The van der Waals surface area contributed by atoms with Gasteiger partial charge in [0.2, 0.25) is 0 Å². The molecule has 1 aliphatic heterocycles. The van der Waals surface area contributed by atoms with Gasteiger partial charge in [0.1, 0.15) is 18.2 Å². The number of carbonyl (C=O) groups is 1. The summed E-state index contributed by atoms with van der Waals surface area (Å²) in [4.78, 5) is 13.1. The van der Waals surface area contributed by atoms with Gasteiger partial charge in [-0.05, 0) is 31.5 Å². The number of methoxy groups -OCH3 is 1. The second-order valence-corrected chi connectivity index (χ2v) is 6.97. The molecule has 2 aromatic rings. The molecular formula is C18H22ClF3N4O4. The zero-order valence-electron chi connectivity index (χ0n) is 16.2. The van der Waals surface area contributed by atoms with E-state index in [2.05, 4.69) is 27.4 Å². The third kappa shape index (κ3) is 6.57. The number of alkyl halides is 3. The van der Waals surface area contributed by atoms with Crippen molar-refractivity contribution in [3.63, 3.8) is 0 Å². The summed E-state index contributed by atoms with van der Waals surface area (Å²) in [6, 6.07) is 5.80. The van der Waals surface area contributed by atoms with Crippen molar-refractivity contribution in [2.75, 3.05) is 20.3 Å². The van der Waals surface area contributed by atoms with Crippen molar-refractivity contribution in [2.45, 2.75) is 31.7 Å². The summed E-state index contributed by atoms with van der Waals surface area (Å²) in [5.74, 6) is -0.769. The molecule has 1 fully saturated rings. The standard InChI is InChI=1S/C16H21ClN4O2.C2HF3O2/c1-10(13-7-12(17)3-4-14(13)22-2)18-8-11-5-6-23-15(11)16-19-9-20-21-16;3-2(4,5)1(6)7/h3-4,7,9-11,15,18H,5-6,8H2,1-2H3,(H,19,20,21);(H,6,7)/t10?,11-,15-;/m0./s1. The molecule has 0 amide bonds. The molecule has 1 unspecified atom stereocenters. The van der Waals surface area contributed by atoms with E-state index in [4.69, 9.17) is 31.0 Å². The van der Waals surface area contributed by atoms with Crippen LogP contribution >= 0.6 is 11.6 Å². The average Bonchev–Trinajstić information content (AvgIpc) is 3.37. The van der Waals surface area contributed by atoms with Gasteiger partial charge in [-0.25, -0.2) is 9.78 Å². The highest BCUT2D eigenvalue weighted by Gasteiger charge is 2.38. The molecule has 0 saturated carbocycles. The third-order valence-electron chi connectivity index (χ3n) is 4.50. The van der Waals surface area contributed by atoms with Gasteiger partial charge < -0.3 is 19.9 Å². The third-order valence-corrected chi connectivity index (χ3v) is 4.74. The van der Waals surface area contributed by atoms with Crippen LogP contribution in [0.2, 0.25) is 5.02 Å². The van der Waals surface area contributed by atoms with E-state index in [-0.39, 0.29) is 12.1 Å². The van der Waals surface area contributed by atoms with E-state index < -0.39 is 12.1 Å². The van der Waals surface area contributed by atoms with Crippen LogP contribution in [0.3, 0.4) is 0 Å². The van der Waals surface area contributed by atoms with Crippen molar-refractivity contribution < 1.29 is 32.5 Å². The van der Waals surface area contributed by atoms with Gasteiger partial charge in [0.15, 0.2) is 5.82 Å². The minimum absolute atomic E-state index is 0.0292. The molecule has 0 spiro atoms. The topological polar surface area (TPSA) is 109 Å². The molecule has 3 N–H and O–H groups in total. The second kappa shape index (κ2) is 10.6. The Kier molecular flexibility index (Phi) is 8.44. The number of aromatic nitrogens is 3. The van der Waals surface area contributed by atoms with Crippen LogP contribution in [0.25, 0.3) is 0 Å². The molecule has 0 bridgehead atoms. The van der Waals surface area contributed by atoms with E-state index in [1.165, 1.54) is 6.33 Å². The molecule has 8 nitrogen and oxygen atoms in total. The van der Waals surface area contributed by atoms with Crippen molar-refractivity contribution in [2.24, 2.45) is 5.92 Å². The fourth-order valence-corrected chi connectivity index (χ4v) is 3.16. The first-order chi connectivity index (χ1) is 14.1. The number of halogens is 4. The van der Waals surface area contributed by atoms with Gasteiger partial charge in [0.25, 0.3) is 0 Å². The molecule has 3 rings (SSSR count). The van der Waals surface area contributed by atoms with Crippen molar-refractivity contribution >= 4 is 17.6 Å². The Morgan fingerprint density at radius 3 is 2.77 bits per heavy atom. The van der Waals surface area contributed by atoms with Crippen molar-refractivity contribution in [1.82, 2.24) is 20.5 Å². The molecule has 2 heterocycles. The van der Waals surface area contributed by atoms with Gasteiger partial charge in [-0.2, -0.15) is 18.3 Å². The van der Waals surface area contributed by atoms with E-state index in [9.17, 15) is 13.2 Å². The summed E-state index contributed by atoms with van der Waals surface area (Å²) in [6.45, 7) is 3.67. The summed E-state index contributed by atoms with van der Waals surface area (Å²) >= 11 is 6.11. The molecule has 30 heavy (non-hydrogen) atoms. The van der Waals surface area contributed by atoms with Crippen molar-refractivity contribution in [3.8, 4) is 5.75 Å². The number of hydrogen-bond donors (Lipinski definition) is 3. The normalized spacial score (nSPS) is 19.7. The summed E-state index contributed by atoms with van der Waals surface area (Å²) in [6.07, 6.45) is -2.60.